The molecule has 25 heavy (non-hydrogen) atoms. The molecule has 0 spiro atoms. The SMILES string of the molecule is C=CC(=O)N(C)C1CN(c2cnc3c(n2)C(C(=O)NC(C)C)=CC3)C1. The third kappa shape index (κ3) is 3.26. The number of hydrogen-bond donors (Lipinski definition) is 1. The molecule has 0 radical (unpaired) electrons. The minimum absolute atomic E-state index is 0.0719. The molecule has 1 saturated heterocycles. The summed E-state index contributed by atoms with van der Waals surface area (Å²) in [5, 5.41) is 2.90. The highest BCUT2D eigenvalue weighted by molar-refractivity contribution is 6.20. The van der Waals surface area contributed by atoms with Gasteiger partial charge in [0.2, 0.25) is 5.91 Å². The van der Waals surface area contributed by atoms with Crippen molar-refractivity contribution >= 4 is 23.2 Å². The summed E-state index contributed by atoms with van der Waals surface area (Å²) in [6.07, 6.45) is 5.56. The lowest BCUT2D eigenvalue weighted by Crippen LogP contribution is -2.60. The van der Waals surface area contributed by atoms with Crippen molar-refractivity contribution in [3.63, 3.8) is 0 Å². The molecule has 1 aromatic rings. The molecule has 0 aromatic carbocycles. The fraction of sp³-hybridized carbons (Fsp3) is 0.444. The number of amides is 2. The summed E-state index contributed by atoms with van der Waals surface area (Å²) in [6.45, 7) is 8.76. The van der Waals surface area contributed by atoms with Crippen LogP contribution in [0.2, 0.25) is 0 Å². The minimum atomic E-state index is -0.113. The molecular formula is C18H23N5O2. The van der Waals surface area contributed by atoms with E-state index in [1.165, 1.54) is 6.08 Å². The Balaban J connectivity index is 1.71. The molecule has 1 aliphatic carbocycles. The van der Waals surface area contributed by atoms with E-state index in [0.29, 0.717) is 30.8 Å². The maximum absolute atomic E-state index is 12.3. The molecular weight excluding hydrogens is 318 g/mol. The summed E-state index contributed by atoms with van der Waals surface area (Å²) in [5.74, 6) is 0.540. The zero-order valence-corrected chi connectivity index (χ0v) is 14.8. The van der Waals surface area contributed by atoms with Crippen molar-refractivity contribution in [3.8, 4) is 0 Å². The summed E-state index contributed by atoms with van der Waals surface area (Å²) in [7, 11) is 1.78. The van der Waals surface area contributed by atoms with Crippen molar-refractivity contribution in [1.82, 2.24) is 20.2 Å². The van der Waals surface area contributed by atoms with Crippen LogP contribution in [0, 0.1) is 0 Å². The predicted octanol–water partition coefficient (Wildman–Crippen LogP) is 0.774. The van der Waals surface area contributed by atoms with Crippen molar-refractivity contribution in [2.75, 3.05) is 25.0 Å². The summed E-state index contributed by atoms with van der Waals surface area (Å²) in [5.41, 5.74) is 2.08. The molecule has 7 heteroatoms. The Labute approximate surface area is 147 Å². The molecule has 1 aromatic heterocycles. The number of fused-ring (bicyclic) bond motifs is 1. The van der Waals surface area contributed by atoms with Gasteiger partial charge in [-0.3, -0.25) is 14.6 Å². The van der Waals surface area contributed by atoms with Crippen LogP contribution in [0.4, 0.5) is 5.82 Å². The second-order valence-corrected chi connectivity index (χ2v) is 6.69. The van der Waals surface area contributed by atoms with E-state index in [2.05, 4.69) is 26.8 Å². The van der Waals surface area contributed by atoms with E-state index in [1.54, 1.807) is 18.1 Å². The van der Waals surface area contributed by atoms with E-state index in [1.807, 2.05) is 19.9 Å². The Morgan fingerprint density at radius 1 is 1.44 bits per heavy atom. The molecule has 2 heterocycles. The number of aromatic nitrogens is 2. The zero-order valence-electron chi connectivity index (χ0n) is 14.8. The van der Waals surface area contributed by atoms with Crippen molar-refractivity contribution < 1.29 is 9.59 Å². The average molecular weight is 341 g/mol. The van der Waals surface area contributed by atoms with Gasteiger partial charge in [0.25, 0.3) is 5.91 Å². The molecule has 0 atom stereocenters. The van der Waals surface area contributed by atoms with Crippen LogP contribution in [0.5, 0.6) is 0 Å². The highest BCUT2D eigenvalue weighted by atomic mass is 16.2. The monoisotopic (exact) mass is 341 g/mol. The molecule has 2 aliphatic rings. The molecule has 1 N–H and O–H groups in total. The van der Waals surface area contributed by atoms with Gasteiger partial charge in [0, 0.05) is 32.6 Å². The van der Waals surface area contributed by atoms with E-state index >= 15 is 0 Å². The Morgan fingerprint density at radius 3 is 2.80 bits per heavy atom. The highest BCUT2D eigenvalue weighted by Gasteiger charge is 2.33. The van der Waals surface area contributed by atoms with Gasteiger partial charge in [0.1, 0.15) is 5.82 Å². The maximum Gasteiger partial charge on any atom is 0.253 e. The van der Waals surface area contributed by atoms with Crippen molar-refractivity contribution in [2.24, 2.45) is 0 Å². The largest absolute Gasteiger partial charge is 0.351 e. The lowest BCUT2D eigenvalue weighted by molar-refractivity contribution is -0.127. The number of allylic oxidation sites excluding steroid dienone is 1. The normalized spacial score (nSPS) is 16.2. The van der Waals surface area contributed by atoms with Gasteiger partial charge in [-0.25, -0.2) is 4.98 Å². The molecule has 2 amide bonds. The van der Waals surface area contributed by atoms with E-state index in [0.717, 1.165) is 11.5 Å². The van der Waals surface area contributed by atoms with Gasteiger partial charge in [-0.1, -0.05) is 12.7 Å². The molecule has 0 bridgehead atoms. The van der Waals surface area contributed by atoms with Gasteiger partial charge in [0.05, 0.1) is 29.2 Å². The lowest BCUT2D eigenvalue weighted by Gasteiger charge is -2.44. The van der Waals surface area contributed by atoms with Crippen LogP contribution in [-0.2, 0) is 16.0 Å². The van der Waals surface area contributed by atoms with Gasteiger partial charge in [-0.05, 0) is 19.9 Å². The second-order valence-electron chi connectivity index (χ2n) is 6.69. The number of nitrogens with zero attached hydrogens (tertiary/aromatic N) is 4. The van der Waals surface area contributed by atoms with Gasteiger partial charge < -0.3 is 15.1 Å². The van der Waals surface area contributed by atoms with Crippen LogP contribution in [-0.4, -0.2) is 58.9 Å². The van der Waals surface area contributed by atoms with Gasteiger partial charge in [-0.15, -0.1) is 0 Å². The minimum Gasteiger partial charge on any atom is -0.351 e. The van der Waals surface area contributed by atoms with E-state index in [-0.39, 0.29) is 23.9 Å². The Morgan fingerprint density at radius 2 is 2.16 bits per heavy atom. The molecule has 7 nitrogen and oxygen atoms in total. The van der Waals surface area contributed by atoms with Crippen LogP contribution >= 0.6 is 0 Å². The van der Waals surface area contributed by atoms with Crippen LogP contribution in [0.1, 0.15) is 25.2 Å². The van der Waals surface area contributed by atoms with E-state index in [9.17, 15) is 9.59 Å². The fourth-order valence-electron chi connectivity index (χ4n) is 2.97. The second kappa shape index (κ2) is 6.66. The van der Waals surface area contributed by atoms with Crippen molar-refractivity contribution in [2.45, 2.75) is 32.4 Å². The van der Waals surface area contributed by atoms with Crippen LogP contribution in [0.15, 0.2) is 24.9 Å². The first-order valence-corrected chi connectivity index (χ1v) is 8.42. The first-order valence-electron chi connectivity index (χ1n) is 8.42. The molecule has 0 saturated carbocycles. The fourth-order valence-corrected chi connectivity index (χ4v) is 2.97. The lowest BCUT2D eigenvalue weighted by atomic mass is 10.1. The number of carbonyl (C=O) groups excluding carboxylic acids is 2. The molecule has 3 rings (SSSR count). The Kier molecular flexibility index (Phi) is 4.57. The zero-order chi connectivity index (χ0) is 18.1. The number of likely N-dealkylation sites (N-methyl/N-ethyl adjacent to an activating group) is 1. The molecule has 1 fully saturated rings. The predicted molar refractivity (Wildman–Crippen MR) is 96.0 cm³/mol. The summed E-state index contributed by atoms with van der Waals surface area (Å²) in [4.78, 5) is 36.8. The first kappa shape index (κ1) is 17.1. The third-order valence-corrected chi connectivity index (χ3v) is 4.51. The van der Waals surface area contributed by atoms with Crippen LogP contribution < -0.4 is 10.2 Å². The molecule has 0 unspecified atom stereocenters. The average Bonchev–Trinajstić information content (AvgIpc) is 2.95. The van der Waals surface area contributed by atoms with Crippen molar-refractivity contribution in [3.05, 3.63) is 36.3 Å². The number of carbonyl (C=O) groups is 2. The van der Waals surface area contributed by atoms with Gasteiger partial charge in [-0.2, -0.15) is 0 Å². The summed E-state index contributed by atoms with van der Waals surface area (Å²) >= 11 is 0. The number of anilines is 1. The number of nitrogens with one attached hydrogen (secondary N) is 1. The maximum atomic E-state index is 12.3. The first-order chi connectivity index (χ1) is 11.9. The smallest absolute Gasteiger partial charge is 0.253 e. The third-order valence-electron chi connectivity index (χ3n) is 4.51. The van der Waals surface area contributed by atoms with Crippen molar-refractivity contribution in [1.29, 1.82) is 0 Å². The topological polar surface area (TPSA) is 78.4 Å². The van der Waals surface area contributed by atoms with Crippen LogP contribution in [0.3, 0.4) is 0 Å². The van der Waals surface area contributed by atoms with E-state index < -0.39 is 0 Å². The quantitative estimate of drug-likeness (QED) is 0.801. The molecule has 1 aliphatic heterocycles. The Hall–Kier alpha value is -2.70. The summed E-state index contributed by atoms with van der Waals surface area (Å²) < 4.78 is 0. The Bertz CT molecular complexity index is 750. The molecule has 132 valence electrons. The van der Waals surface area contributed by atoms with Gasteiger partial charge >= 0.3 is 0 Å². The van der Waals surface area contributed by atoms with E-state index in [4.69, 9.17) is 0 Å². The summed E-state index contributed by atoms with van der Waals surface area (Å²) in [6, 6.07) is 0.211. The van der Waals surface area contributed by atoms with Gasteiger partial charge in [0.15, 0.2) is 0 Å². The standard InChI is InChI=1S/C18H23N5O2/c1-5-16(24)22(4)12-9-23(10-12)15-8-19-14-7-6-13(17(14)21-15)18(25)20-11(2)3/h5-6,8,11-12H,1,7,9-10H2,2-4H3,(H,20,25). The number of hydrogen-bond acceptors (Lipinski definition) is 5. The highest BCUT2D eigenvalue weighted by Crippen LogP contribution is 2.28. The number of rotatable bonds is 5. The van der Waals surface area contributed by atoms with Crippen LogP contribution in [0.25, 0.3) is 5.57 Å².